The first-order valence-corrected chi connectivity index (χ1v) is 6.12. The third-order valence-corrected chi connectivity index (χ3v) is 3.34. The van der Waals surface area contributed by atoms with E-state index >= 15 is 0 Å². The zero-order chi connectivity index (χ0) is 11.5. The topological polar surface area (TPSA) is 21.3 Å². The quantitative estimate of drug-likeness (QED) is 0.877. The number of hydrogen-bond donors (Lipinski definition) is 1. The average molecular weight is 256 g/mol. The maximum atomic E-state index is 6.11. The Kier molecular flexibility index (Phi) is 5.29. The van der Waals surface area contributed by atoms with Crippen molar-refractivity contribution in [3.63, 3.8) is 0 Å². The first kappa shape index (κ1) is 14.3. The molecule has 0 radical (unpaired) electrons. The van der Waals surface area contributed by atoms with Gasteiger partial charge in [0.15, 0.2) is 0 Å². The number of aryl methyl sites for hydroxylation is 2. The molecule has 0 aromatic heterocycles. The number of hydrogen-bond acceptors (Lipinski definition) is 2. The fraction of sp³-hybridized carbons (Fsp3) is 0.571. The van der Waals surface area contributed by atoms with Crippen molar-refractivity contribution in [1.29, 1.82) is 0 Å². The molecule has 0 bridgehead atoms. The van der Waals surface area contributed by atoms with Crippen molar-refractivity contribution in [2.45, 2.75) is 39.7 Å². The van der Waals surface area contributed by atoms with Gasteiger partial charge in [0, 0.05) is 0 Å². The summed E-state index contributed by atoms with van der Waals surface area (Å²) in [5, 5.41) is 3.36. The van der Waals surface area contributed by atoms with Gasteiger partial charge in [-0.25, -0.2) is 0 Å². The first-order valence-electron chi connectivity index (χ1n) is 6.12. The van der Waals surface area contributed by atoms with Gasteiger partial charge in [-0.05, 0) is 69.5 Å². The van der Waals surface area contributed by atoms with Crippen LogP contribution in [0.3, 0.4) is 0 Å². The molecule has 1 aromatic carbocycles. The third-order valence-electron chi connectivity index (χ3n) is 3.34. The van der Waals surface area contributed by atoms with Gasteiger partial charge in [0.2, 0.25) is 0 Å². The van der Waals surface area contributed by atoms with Crippen LogP contribution >= 0.6 is 12.4 Å². The predicted octanol–water partition coefficient (Wildman–Crippen LogP) is 3.16. The highest BCUT2D eigenvalue weighted by molar-refractivity contribution is 5.85. The molecule has 0 spiro atoms. The molecule has 1 N–H and O–H groups in total. The standard InChI is InChI=1S/C14H21NO.ClH/c1-10-8-11(2)12(3)14(9-10)16-13-4-6-15-7-5-13;/h8-9,13,15H,4-7H2,1-3H3;1H. The van der Waals surface area contributed by atoms with Crippen molar-refractivity contribution in [2.75, 3.05) is 13.1 Å². The summed E-state index contributed by atoms with van der Waals surface area (Å²) in [5.74, 6) is 1.07. The lowest BCUT2D eigenvalue weighted by Crippen LogP contribution is -2.34. The van der Waals surface area contributed by atoms with E-state index in [-0.39, 0.29) is 12.4 Å². The summed E-state index contributed by atoms with van der Waals surface area (Å²) < 4.78 is 6.11. The molecule has 96 valence electrons. The van der Waals surface area contributed by atoms with Crippen LogP contribution in [0.5, 0.6) is 5.75 Å². The molecule has 1 saturated heterocycles. The molecule has 0 atom stereocenters. The highest BCUT2D eigenvalue weighted by Crippen LogP contribution is 2.25. The molecule has 2 nitrogen and oxygen atoms in total. The molecule has 1 aromatic rings. The lowest BCUT2D eigenvalue weighted by Gasteiger charge is -2.25. The molecule has 2 rings (SSSR count). The maximum absolute atomic E-state index is 6.11. The largest absolute Gasteiger partial charge is 0.490 e. The van der Waals surface area contributed by atoms with E-state index in [1.165, 1.54) is 16.7 Å². The molecule has 0 amide bonds. The van der Waals surface area contributed by atoms with Crippen LogP contribution in [0, 0.1) is 20.8 Å². The summed E-state index contributed by atoms with van der Waals surface area (Å²) in [5.41, 5.74) is 3.89. The van der Waals surface area contributed by atoms with Crippen LogP contribution in [0.2, 0.25) is 0 Å². The van der Waals surface area contributed by atoms with E-state index in [9.17, 15) is 0 Å². The summed E-state index contributed by atoms with van der Waals surface area (Å²) in [6.07, 6.45) is 2.62. The van der Waals surface area contributed by atoms with Gasteiger partial charge in [-0.3, -0.25) is 0 Å². The van der Waals surface area contributed by atoms with Crippen molar-refractivity contribution < 1.29 is 4.74 Å². The monoisotopic (exact) mass is 255 g/mol. The van der Waals surface area contributed by atoms with Crippen molar-refractivity contribution in [3.8, 4) is 5.75 Å². The van der Waals surface area contributed by atoms with Crippen LogP contribution in [-0.4, -0.2) is 19.2 Å². The number of piperidine rings is 1. The molecule has 1 aliphatic rings. The van der Waals surface area contributed by atoms with Crippen LogP contribution < -0.4 is 10.1 Å². The van der Waals surface area contributed by atoms with E-state index in [1.54, 1.807) is 0 Å². The minimum absolute atomic E-state index is 0. The lowest BCUT2D eigenvalue weighted by molar-refractivity contribution is 0.161. The van der Waals surface area contributed by atoms with Crippen LogP contribution in [0.4, 0.5) is 0 Å². The summed E-state index contributed by atoms with van der Waals surface area (Å²) in [6, 6.07) is 4.37. The fourth-order valence-corrected chi connectivity index (χ4v) is 2.22. The van der Waals surface area contributed by atoms with Crippen molar-refractivity contribution in [3.05, 3.63) is 28.8 Å². The van der Waals surface area contributed by atoms with Crippen LogP contribution in [0.15, 0.2) is 12.1 Å². The molecule has 0 saturated carbocycles. The lowest BCUT2D eigenvalue weighted by atomic mass is 10.0. The average Bonchev–Trinajstić information content (AvgIpc) is 2.27. The molecule has 17 heavy (non-hydrogen) atoms. The Morgan fingerprint density at radius 1 is 1.12 bits per heavy atom. The number of nitrogens with one attached hydrogen (secondary N) is 1. The highest BCUT2D eigenvalue weighted by Gasteiger charge is 2.15. The normalized spacial score (nSPS) is 16.4. The second-order valence-corrected chi connectivity index (χ2v) is 4.77. The van der Waals surface area contributed by atoms with Crippen molar-refractivity contribution in [2.24, 2.45) is 0 Å². The minimum atomic E-state index is 0. The minimum Gasteiger partial charge on any atom is -0.490 e. The molecule has 1 heterocycles. The van der Waals surface area contributed by atoms with E-state index in [4.69, 9.17) is 4.74 Å². The molecule has 1 fully saturated rings. The summed E-state index contributed by atoms with van der Waals surface area (Å²) in [7, 11) is 0. The second-order valence-electron chi connectivity index (χ2n) is 4.77. The van der Waals surface area contributed by atoms with Gasteiger partial charge in [0.1, 0.15) is 11.9 Å². The zero-order valence-corrected chi connectivity index (χ0v) is 11.7. The van der Waals surface area contributed by atoms with Crippen molar-refractivity contribution in [1.82, 2.24) is 5.32 Å². The van der Waals surface area contributed by atoms with E-state index in [1.807, 2.05) is 0 Å². The van der Waals surface area contributed by atoms with Crippen molar-refractivity contribution >= 4 is 12.4 Å². The third kappa shape index (κ3) is 3.62. The van der Waals surface area contributed by atoms with Crippen LogP contribution in [0.25, 0.3) is 0 Å². The molecule has 0 unspecified atom stereocenters. The second kappa shape index (κ2) is 6.27. The first-order chi connectivity index (χ1) is 7.66. The summed E-state index contributed by atoms with van der Waals surface area (Å²) >= 11 is 0. The fourth-order valence-electron chi connectivity index (χ4n) is 2.22. The van der Waals surface area contributed by atoms with E-state index < -0.39 is 0 Å². The SMILES string of the molecule is Cc1cc(C)c(C)c(OC2CCNCC2)c1.Cl. The molecular weight excluding hydrogens is 234 g/mol. The number of rotatable bonds is 2. The van der Waals surface area contributed by atoms with Crippen LogP contribution in [-0.2, 0) is 0 Å². The molecular formula is C14H22ClNO. The van der Waals surface area contributed by atoms with Gasteiger partial charge in [0.05, 0.1) is 0 Å². The Balaban J connectivity index is 0.00000144. The smallest absolute Gasteiger partial charge is 0.123 e. The summed E-state index contributed by atoms with van der Waals surface area (Å²) in [6.45, 7) is 8.58. The summed E-state index contributed by atoms with van der Waals surface area (Å²) in [4.78, 5) is 0. The van der Waals surface area contributed by atoms with Gasteiger partial charge in [0.25, 0.3) is 0 Å². The van der Waals surface area contributed by atoms with E-state index in [2.05, 4.69) is 38.2 Å². The Bertz CT molecular complexity index is 373. The van der Waals surface area contributed by atoms with Gasteiger partial charge in [-0.1, -0.05) is 6.07 Å². The van der Waals surface area contributed by atoms with Crippen LogP contribution in [0.1, 0.15) is 29.5 Å². The zero-order valence-electron chi connectivity index (χ0n) is 10.9. The van der Waals surface area contributed by atoms with Gasteiger partial charge < -0.3 is 10.1 Å². The Morgan fingerprint density at radius 3 is 2.41 bits per heavy atom. The number of ether oxygens (including phenoxy) is 1. The predicted molar refractivity (Wildman–Crippen MR) is 74.4 cm³/mol. The van der Waals surface area contributed by atoms with E-state index in [0.717, 1.165) is 31.7 Å². The van der Waals surface area contributed by atoms with Gasteiger partial charge in [-0.2, -0.15) is 0 Å². The van der Waals surface area contributed by atoms with Gasteiger partial charge in [-0.15, -0.1) is 12.4 Å². The Hall–Kier alpha value is -0.730. The molecule has 3 heteroatoms. The Labute approximate surface area is 110 Å². The van der Waals surface area contributed by atoms with Gasteiger partial charge >= 0.3 is 0 Å². The van der Waals surface area contributed by atoms with E-state index in [0.29, 0.717) is 6.10 Å². The molecule has 1 aliphatic heterocycles. The highest BCUT2D eigenvalue weighted by atomic mass is 35.5. The number of benzene rings is 1. The number of halogens is 1. The maximum Gasteiger partial charge on any atom is 0.123 e. The molecule has 0 aliphatic carbocycles. The Morgan fingerprint density at radius 2 is 1.76 bits per heavy atom.